The van der Waals surface area contributed by atoms with E-state index in [1.807, 2.05) is 0 Å². The van der Waals surface area contributed by atoms with Crippen molar-refractivity contribution in [2.45, 2.75) is 14.7 Å². The smallest absolute Gasteiger partial charge is 0.296 e. The Morgan fingerprint density at radius 1 is 0.586 bits per heavy atom. The first-order chi connectivity index (χ1) is 33.2. The van der Waals surface area contributed by atoms with Gasteiger partial charge >= 0.3 is 0 Å². The van der Waals surface area contributed by atoms with Gasteiger partial charge in [0, 0.05) is 41.0 Å². The fourth-order valence-electron chi connectivity index (χ4n) is 6.89. The van der Waals surface area contributed by atoms with E-state index in [4.69, 9.17) is 15.2 Å². The zero-order valence-electron chi connectivity index (χ0n) is 35.9. The summed E-state index contributed by atoms with van der Waals surface area (Å²) in [5.74, 6) is -2.81. The first-order valence-corrected chi connectivity index (χ1v) is 24.7. The van der Waals surface area contributed by atoms with E-state index in [0.717, 1.165) is 24.3 Å². The van der Waals surface area contributed by atoms with Gasteiger partial charge in [0.05, 0.1) is 60.3 Å². The minimum atomic E-state index is -5.15. The number of fused-ring (bicyclic) bond motifs is 2. The standard InChI is InChI=1S/C43H39N9O15S3/c44-37-34(70(63,64)65)22-31(35-36(37)39(55)28-6-2-1-5-27(28)38(35)54)47-26-13-14-30(33(21-26)69(60,61)62)49-43-51-41(50-42(52-43)48-29-7-3-4-8-32(29)68(57,58)59)46-16-18-67-20-19-66-17-15-45-40(56)25-11-9-24(23-53)10-12-25/h1-14,21-23,47H,15-20,44H2,(H,45,56)(H,57,58,59)(H,60,61,62)(H,63,64,65)(H3,46,48,49,50,51,52). The zero-order valence-corrected chi connectivity index (χ0v) is 38.4. The highest BCUT2D eigenvalue weighted by Crippen LogP contribution is 2.41. The van der Waals surface area contributed by atoms with Gasteiger partial charge in [-0.1, -0.05) is 48.5 Å². The normalized spacial score (nSPS) is 12.4. The summed E-state index contributed by atoms with van der Waals surface area (Å²) in [6.45, 7) is 0.812. The second kappa shape index (κ2) is 20.9. The molecule has 0 fully saturated rings. The first kappa shape index (κ1) is 50.1. The van der Waals surface area contributed by atoms with Gasteiger partial charge < -0.3 is 41.8 Å². The lowest BCUT2D eigenvalue weighted by molar-refractivity contribution is 0.0519. The number of anilines is 8. The molecule has 1 aromatic heterocycles. The topological polar surface area (TPSA) is 375 Å². The summed E-state index contributed by atoms with van der Waals surface area (Å²) in [6, 6.07) is 21.0. The van der Waals surface area contributed by atoms with E-state index >= 15 is 0 Å². The highest BCUT2D eigenvalue weighted by Gasteiger charge is 2.36. The number of aromatic nitrogens is 3. The second-order valence-corrected chi connectivity index (χ2v) is 18.9. The molecule has 27 heteroatoms. The van der Waals surface area contributed by atoms with E-state index < -0.39 is 67.9 Å². The Bertz CT molecular complexity index is 3400. The lowest BCUT2D eigenvalue weighted by Crippen LogP contribution is -2.27. The quantitative estimate of drug-likeness (QED) is 0.0213. The van der Waals surface area contributed by atoms with Crippen LogP contribution in [0.5, 0.6) is 0 Å². The molecule has 70 heavy (non-hydrogen) atoms. The van der Waals surface area contributed by atoms with E-state index in [0.29, 0.717) is 17.4 Å². The summed E-state index contributed by atoms with van der Waals surface area (Å²) in [6.07, 6.45) is 0.670. The number of hydrogen-bond donors (Lipinski definition) is 9. The molecule has 0 unspecified atom stereocenters. The lowest BCUT2D eigenvalue weighted by atomic mass is 9.82. The van der Waals surface area contributed by atoms with Crippen molar-refractivity contribution in [3.05, 3.63) is 130 Å². The molecule has 24 nitrogen and oxygen atoms in total. The third kappa shape index (κ3) is 11.7. The number of amides is 1. The number of nitrogen functional groups attached to an aromatic ring is 1. The number of hydrogen-bond acceptors (Lipinski definition) is 20. The summed E-state index contributed by atoms with van der Waals surface area (Å²) in [5.41, 5.74) is 4.05. The number of nitrogens with one attached hydrogen (secondary N) is 5. The highest BCUT2D eigenvalue weighted by molar-refractivity contribution is 7.86. The van der Waals surface area contributed by atoms with Crippen molar-refractivity contribution >= 4 is 100 Å². The number of nitrogens with two attached hydrogens (primary N) is 1. The molecule has 0 atom stereocenters. The molecule has 1 aliphatic rings. The van der Waals surface area contributed by atoms with Crippen LogP contribution in [-0.4, -0.2) is 117 Å². The predicted molar refractivity (Wildman–Crippen MR) is 250 cm³/mol. The van der Waals surface area contributed by atoms with Gasteiger partial charge in [-0.25, -0.2) is 0 Å². The van der Waals surface area contributed by atoms with Gasteiger partial charge in [-0.2, -0.15) is 40.2 Å². The molecule has 5 aromatic carbocycles. The number of carbonyl (C=O) groups excluding carboxylic acids is 4. The largest absolute Gasteiger partial charge is 0.397 e. The average molecular weight is 1020 g/mol. The van der Waals surface area contributed by atoms with Crippen LogP contribution < -0.4 is 32.3 Å². The molecule has 6 aromatic rings. The molecule has 1 amide bonds. The number of benzene rings is 5. The molecule has 10 N–H and O–H groups in total. The molecule has 0 spiro atoms. The van der Waals surface area contributed by atoms with E-state index in [1.54, 1.807) is 0 Å². The molecule has 364 valence electrons. The zero-order chi connectivity index (χ0) is 50.4. The number of rotatable bonds is 21. The Kier molecular flexibility index (Phi) is 14.9. The van der Waals surface area contributed by atoms with E-state index in [2.05, 4.69) is 41.5 Å². The van der Waals surface area contributed by atoms with Gasteiger partial charge in [0.1, 0.15) is 21.0 Å². The van der Waals surface area contributed by atoms with Crippen molar-refractivity contribution in [3.8, 4) is 0 Å². The molecule has 1 aliphatic carbocycles. The first-order valence-electron chi connectivity index (χ1n) is 20.3. The fraction of sp³-hybridized carbons (Fsp3) is 0.140. The van der Waals surface area contributed by atoms with Gasteiger partial charge in [-0.3, -0.25) is 32.8 Å². The maximum absolute atomic E-state index is 13.8. The van der Waals surface area contributed by atoms with E-state index in [9.17, 15) is 58.1 Å². The van der Waals surface area contributed by atoms with E-state index in [1.165, 1.54) is 72.8 Å². The average Bonchev–Trinajstić information content (AvgIpc) is 3.31. The Morgan fingerprint density at radius 2 is 1.13 bits per heavy atom. The van der Waals surface area contributed by atoms with Crippen LogP contribution in [0.1, 0.15) is 52.6 Å². The summed E-state index contributed by atoms with van der Waals surface area (Å²) in [5, 5.41) is 13.6. The summed E-state index contributed by atoms with van der Waals surface area (Å²) >= 11 is 0. The molecule has 7 rings (SSSR count). The highest BCUT2D eigenvalue weighted by atomic mass is 32.2. The van der Waals surface area contributed by atoms with Crippen LogP contribution >= 0.6 is 0 Å². The number of ether oxygens (including phenoxy) is 2. The molecule has 0 saturated carbocycles. The Hall–Kier alpha value is -7.76. The number of ketones is 2. The minimum Gasteiger partial charge on any atom is -0.397 e. The minimum absolute atomic E-state index is 0.0443. The van der Waals surface area contributed by atoms with Crippen LogP contribution in [0.2, 0.25) is 0 Å². The summed E-state index contributed by atoms with van der Waals surface area (Å²) in [4.78, 5) is 61.0. The van der Waals surface area contributed by atoms with Crippen molar-refractivity contribution < 1.29 is 67.6 Å². The third-order valence-electron chi connectivity index (χ3n) is 10.1. The Labute approximate surface area is 398 Å². The maximum Gasteiger partial charge on any atom is 0.296 e. The predicted octanol–water partition coefficient (Wildman–Crippen LogP) is 3.89. The fourth-order valence-corrected chi connectivity index (χ4v) is 8.86. The summed E-state index contributed by atoms with van der Waals surface area (Å²) in [7, 11) is -15.0. The van der Waals surface area contributed by atoms with Crippen LogP contribution in [0.4, 0.5) is 46.3 Å². The van der Waals surface area contributed by atoms with Crippen molar-refractivity contribution in [1.29, 1.82) is 0 Å². The molecule has 0 saturated heterocycles. The second-order valence-electron chi connectivity index (χ2n) is 14.8. The van der Waals surface area contributed by atoms with Gasteiger partial charge in [-0.15, -0.1) is 0 Å². The Balaban J connectivity index is 1.09. The molecule has 0 aliphatic heterocycles. The summed E-state index contributed by atoms with van der Waals surface area (Å²) < 4.78 is 116. The van der Waals surface area contributed by atoms with Gasteiger partial charge in [0.15, 0.2) is 11.6 Å². The number of para-hydroxylation sites is 1. The van der Waals surface area contributed by atoms with Gasteiger partial charge in [-0.05, 0) is 48.5 Å². The van der Waals surface area contributed by atoms with Crippen LogP contribution in [0.3, 0.4) is 0 Å². The SMILES string of the molecule is Nc1c(S(=O)(=O)O)cc(Nc2ccc(Nc3nc(NCCOCCOCCNC(=O)c4ccc(C=O)cc4)nc(Nc4ccccc4S(=O)(=O)O)n3)c(S(=O)(=O)O)c2)c2c1C(=O)c1ccccc1C2=O. The number of nitrogens with zero attached hydrogens (tertiary/aromatic N) is 3. The van der Waals surface area contributed by atoms with Crippen LogP contribution in [0.15, 0.2) is 112 Å². The van der Waals surface area contributed by atoms with Crippen molar-refractivity contribution in [2.75, 3.05) is 66.5 Å². The van der Waals surface area contributed by atoms with Crippen molar-refractivity contribution in [1.82, 2.24) is 20.3 Å². The number of carbonyl (C=O) groups is 4. The monoisotopic (exact) mass is 1020 g/mol. The third-order valence-corrected chi connectivity index (χ3v) is 12.8. The van der Waals surface area contributed by atoms with Crippen LogP contribution in [-0.2, 0) is 39.8 Å². The molecular weight excluding hydrogens is 979 g/mol. The van der Waals surface area contributed by atoms with Crippen molar-refractivity contribution in [3.63, 3.8) is 0 Å². The number of aldehydes is 1. The van der Waals surface area contributed by atoms with Gasteiger partial charge in [0.25, 0.3) is 36.3 Å². The molecule has 0 radical (unpaired) electrons. The molecule has 0 bridgehead atoms. The maximum atomic E-state index is 13.8. The molecule has 1 heterocycles. The van der Waals surface area contributed by atoms with Crippen LogP contribution in [0, 0.1) is 0 Å². The molecular formula is C43H39N9O15S3. The van der Waals surface area contributed by atoms with Gasteiger partial charge in [0.2, 0.25) is 17.8 Å². The van der Waals surface area contributed by atoms with E-state index in [-0.39, 0.29) is 103 Å². The van der Waals surface area contributed by atoms with Crippen LogP contribution in [0.25, 0.3) is 0 Å². The lowest BCUT2D eigenvalue weighted by Gasteiger charge is -2.24. The Morgan fingerprint density at radius 3 is 1.73 bits per heavy atom. The van der Waals surface area contributed by atoms with Crippen molar-refractivity contribution in [2.24, 2.45) is 0 Å².